The molecular weight excluding hydrogens is 283 g/mol. The van der Waals surface area contributed by atoms with Crippen molar-refractivity contribution < 1.29 is 23.6 Å². The highest BCUT2D eigenvalue weighted by atomic mass is 19.1. The summed E-state index contributed by atoms with van der Waals surface area (Å²) in [5.74, 6) is -1.39. The van der Waals surface area contributed by atoms with Gasteiger partial charge in [0.1, 0.15) is 6.54 Å². The van der Waals surface area contributed by atoms with E-state index in [4.69, 9.17) is 4.74 Å². The van der Waals surface area contributed by atoms with E-state index in [9.17, 15) is 19.3 Å². The fraction of sp³-hybridized carbons (Fsp3) is 0.462. The molecule has 0 aliphatic carbocycles. The van der Waals surface area contributed by atoms with Gasteiger partial charge >= 0.3 is 11.7 Å². The molecule has 0 bridgehead atoms. The smallest absolute Gasteiger partial charge is 0.325 e. The second kappa shape index (κ2) is 7.41. The Bertz CT molecular complexity index is 536. The number of ether oxygens (including phenoxy) is 2. The molecule has 0 atom stereocenters. The van der Waals surface area contributed by atoms with Gasteiger partial charge in [-0.3, -0.25) is 14.9 Å². The molecule has 1 aromatic carbocycles. The minimum Gasteiger partial charge on any atom is -0.490 e. The Balaban J connectivity index is 3.24. The molecule has 0 aliphatic heterocycles. The van der Waals surface area contributed by atoms with Crippen molar-refractivity contribution >= 4 is 17.3 Å². The lowest BCUT2D eigenvalue weighted by Crippen LogP contribution is -2.32. The quantitative estimate of drug-likeness (QED) is 0.436. The zero-order chi connectivity index (χ0) is 16.0. The van der Waals surface area contributed by atoms with Crippen LogP contribution in [0.1, 0.15) is 13.3 Å². The minimum atomic E-state index is -0.792. The number of benzene rings is 1. The van der Waals surface area contributed by atoms with Crippen molar-refractivity contribution in [1.82, 2.24) is 0 Å². The van der Waals surface area contributed by atoms with Crippen molar-refractivity contribution in [2.75, 3.05) is 32.2 Å². The van der Waals surface area contributed by atoms with Crippen LogP contribution in [0.2, 0.25) is 0 Å². The molecule has 1 rings (SSSR count). The number of nitro groups is 1. The van der Waals surface area contributed by atoms with Crippen LogP contribution in [0, 0.1) is 15.9 Å². The number of esters is 1. The van der Waals surface area contributed by atoms with E-state index in [-0.39, 0.29) is 18.0 Å². The van der Waals surface area contributed by atoms with Gasteiger partial charge < -0.3 is 14.4 Å². The molecule has 0 amide bonds. The third-order valence-corrected chi connectivity index (χ3v) is 2.83. The zero-order valence-corrected chi connectivity index (χ0v) is 12.1. The van der Waals surface area contributed by atoms with E-state index in [1.165, 1.54) is 25.2 Å². The molecule has 0 saturated carbocycles. The molecule has 7 nitrogen and oxygen atoms in total. The standard InChI is InChI=1S/C13H17FN2O5/c1-4-5-15(8-13(17)21-3)10-7-12(20-2)11(16(18)19)6-9(10)14/h6-7H,4-5,8H2,1-3H3. The molecule has 0 unspecified atom stereocenters. The lowest BCUT2D eigenvalue weighted by atomic mass is 10.2. The van der Waals surface area contributed by atoms with Gasteiger partial charge in [0.15, 0.2) is 11.6 Å². The summed E-state index contributed by atoms with van der Waals surface area (Å²) in [7, 11) is 2.49. The first-order valence-corrected chi connectivity index (χ1v) is 6.28. The molecule has 0 saturated heterocycles. The maximum atomic E-state index is 14.1. The molecule has 8 heteroatoms. The SMILES string of the molecule is CCCN(CC(=O)OC)c1cc(OC)c([N+](=O)[O-])cc1F. The number of hydrogen-bond donors (Lipinski definition) is 0. The van der Waals surface area contributed by atoms with E-state index in [1.54, 1.807) is 0 Å². The van der Waals surface area contributed by atoms with Crippen LogP contribution in [0.4, 0.5) is 15.8 Å². The van der Waals surface area contributed by atoms with E-state index >= 15 is 0 Å². The third kappa shape index (κ3) is 4.04. The summed E-state index contributed by atoms with van der Waals surface area (Å²) in [6, 6.07) is 2.00. The molecule has 0 fully saturated rings. The number of rotatable bonds is 7. The topological polar surface area (TPSA) is 81.9 Å². The van der Waals surface area contributed by atoms with Crippen LogP contribution >= 0.6 is 0 Å². The maximum Gasteiger partial charge on any atom is 0.325 e. The molecule has 0 heterocycles. The van der Waals surface area contributed by atoms with Crippen LogP contribution in [0.15, 0.2) is 12.1 Å². The van der Waals surface area contributed by atoms with Crippen molar-refractivity contribution in [1.29, 1.82) is 0 Å². The van der Waals surface area contributed by atoms with Gasteiger partial charge in [-0.05, 0) is 6.42 Å². The Morgan fingerprint density at radius 2 is 2.10 bits per heavy atom. The van der Waals surface area contributed by atoms with Crippen LogP contribution in [0.3, 0.4) is 0 Å². The molecule has 0 N–H and O–H groups in total. The third-order valence-electron chi connectivity index (χ3n) is 2.83. The van der Waals surface area contributed by atoms with E-state index in [2.05, 4.69) is 4.74 Å². The summed E-state index contributed by atoms with van der Waals surface area (Å²) in [5.41, 5.74) is -0.405. The van der Waals surface area contributed by atoms with E-state index < -0.39 is 22.4 Å². The van der Waals surface area contributed by atoms with Crippen molar-refractivity contribution in [2.45, 2.75) is 13.3 Å². The second-order valence-electron chi connectivity index (χ2n) is 4.23. The normalized spacial score (nSPS) is 10.1. The van der Waals surface area contributed by atoms with E-state index in [0.29, 0.717) is 13.0 Å². The van der Waals surface area contributed by atoms with Crippen molar-refractivity contribution in [3.8, 4) is 5.75 Å². The van der Waals surface area contributed by atoms with Crippen LogP contribution in [-0.2, 0) is 9.53 Å². The van der Waals surface area contributed by atoms with Crippen LogP contribution < -0.4 is 9.64 Å². The van der Waals surface area contributed by atoms with Gasteiger partial charge in [0, 0.05) is 12.6 Å². The number of carbonyl (C=O) groups is 1. The fourth-order valence-electron chi connectivity index (χ4n) is 1.86. The number of carbonyl (C=O) groups excluding carboxylic acids is 1. The molecule has 0 aromatic heterocycles. The highest BCUT2D eigenvalue weighted by molar-refractivity contribution is 5.76. The van der Waals surface area contributed by atoms with E-state index in [0.717, 1.165) is 6.07 Å². The summed E-state index contributed by atoms with van der Waals surface area (Å²) in [6.07, 6.45) is 0.662. The first-order chi connectivity index (χ1) is 9.94. The van der Waals surface area contributed by atoms with Gasteiger partial charge in [-0.1, -0.05) is 6.92 Å². The highest BCUT2D eigenvalue weighted by Crippen LogP contribution is 2.34. The predicted molar refractivity (Wildman–Crippen MR) is 74.1 cm³/mol. The zero-order valence-electron chi connectivity index (χ0n) is 12.1. The molecule has 0 radical (unpaired) electrons. The molecule has 21 heavy (non-hydrogen) atoms. The van der Waals surface area contributed by atoms with Gasteiger partial charge in [-0.25, -0.2) is 4.39 Å². The second-order valence-corrected chi connectivity index (χ2v) is 4.23. The number of hydrogen-bond acceptors (Lipinski definition) is 6. The number of nitrogens with zero attached hydrogens (tertiary/aromatic N) is 2. The summed E-state index contributed by atoms with van der Waals surface area (Å²) in [5, 5.41) is 10.8. The lowest BCUT2D eigenvalue weighted by Gasteiger charge is -2.23. The molecular formula is C13H17FN2O5. The average molecular weight is 300 g/mol. The lowest BCUT2D eigenvalue weighted by molar-refractivity contribution is -0.385. The highest BCUT2D eigenvalue weighted by Gasteiger charge is 2.23. The summed E-state index contributed by atoms with van der Waals surface area (Å²) in [4.78, 5) is 22.9. The van der Waals surface area contributed by atoms with Crippen LogP contribution in [-0.4, -0.2) is 38.2 Å². The Morgan fingerprint density at radius 3 is 2.57 bits per heavy atom. The molecule has 0 spiro atoms. The Morgan fingerprint density at radius 1 is 1.43 bits per heavy atom. The summed E-state index contributed by atoms with van der Waals surface area (Å²) in [6.45, 7) is 2.11. The monoisotopic (exact) mass is 300 g/mol. The van der Waals surface area contributed by atoms with Gasteiger partial charge in [0.25, 0.3) is 0 Å². The van der Waals surface area contributed by atoms with Crippen molar-refractivity contribution in [2.24, 2.45) is 0 Å². The number of halogens is 1. The molecule has 116 valence electrons. The van der Waals surface area contributed by atoms with Crippen molar-refractivity contribution in [3.05, 3.63) is 28.1 Å². The Kier molecular flexibility index (Phi) is 5.89. The number of methoxy groups -OCH3 is 2. The fourth-order valence-corrected chi connectivity index (χ4v) is 1.86. The average Bonchev–Trinajstić information content (AvgIpc) is 2.46. The first-order valence-electron chi connectivity index (χ1n) is 6.28. The summed E-state index contributed by atoms with van der Waals surface area (Å²) >= 11 is 0. The first kappa shape index (κ1) is 16.7. The van der Waals surface area contributed by atoms with Crippen molar-refractivity contribution in [3.63, 3.8) is 0 Å². The van der Waals surface area contributed by atoms with Crippen LogP contribution in [0.25, 0.3) is 0 Å². The maximum absolute atomic E-state index is 14.1. The molecule has 0 aliphatic rings. The van der Waals surface area contributed by atoms with Crippen LogP contribution in [0.5, 0.6) is 5.75 Å². The Hall–Kier alpha value is -2.38. The Labute approximate surface area is 121 Å². The van der Waals surface area contributed by atoms with E-state index in [1.807, 2.05) is 6.92 Å². The van der Waals surface area contributed by atoms with Gasteiger partial charge in [0.05, 0.1) is 30.9 Å². The van der Waals surface area contributed by atoms with Gasteiger partial charge in [-0.2, -0.15) is 0 Å². The number of anilines is 1. The van der Waals surface area contributed by atoms with Gasteiger partial charge in [0.2, 0.25) is 0 Å². The largest absolute Gasteiger partial charge is 0.490 e. The minimum absolute atomic E-state index is 0.0599. The predicted octanol–water partition coefficient (Wildman–Crippen LogP) is 2.13. The van der Waals surface area contributed by atoms with Gasteiger partial charge in [-0.15, -0.1) is 0 Å². The molecule has 1 aromatic rings. The number of nitro benzene ring substituents is 1. The summed E-state index contributed by atoms with van der Waals surface area (Å²) < 4.78 is 23.6.